The van der Waals surface area contributed by atoms with Crippen molar-refractivity contribution in [3.05, 3.63) is 18.0 Å². The molecule has 1 saturated heterocycles. The monoisotopic (exact) mass is 207 g/mol. The Balaban J connectivity index is 1.95. The van der Waals surface area contributed by atoms with E-state index in [1.54, 1.807) is 6.20 Å². The Morgan fingerprint density at radius 3 is 3.13 bits per heavy atom. The molecule has 0 aromatic carbocycles. The van der Waals surface area contributed by atoms with E-state index in [0.29, 0.717) is 12.0 Å². The first kappa shape index (κ1) is 10.4. The van der Waals surface area contributed by atoms with Gasteiger partial charge < -0.3 is 10.1 Å². The van der Waals surface area contributed by atoms with Crippen LogP contribution < -0.4 is 5.32 Å². The van der Waals surface area contributed by atoms with Gasteiger partial charge in [-0.25, -0.2) is 9.97 Å². The maximum atomic E-state index is 5.36. The summed E-state index contributed by atoms with van der Waals surface area (Å²) in [7, 11) is 0. The second-order valence-electron chi connectivity index (χ2n) is 4.08. The Morgan fingerprint density at radius 2 is 2.47 bits per heavy atom. The van der Waals surface area contributed by atoms with E-state index in [-0.39, 0.29) is 0 Å². The fraction of sp³-hybridized carbons (Fsp3) is 0.636. The van der Waals surface area contributed by atoms with E-state index in [9.17, 15) is 0 Å². The second-order valence-corrected chi connectivity index (χ2v) is 4.08. The lowest BCUT2D eigenvalue weighted by Gasteiger charge is -2.18. The van der Waals surface area contributed by atoms with Crippen LogP contribution in [-0.2, 0) is 4.74 Å². The molecule has 1 N–H and O–H groups in total. The van der Waals surface area contributed by atoms with E-state index >= 15 is 0 Å². The fourth-order valence-electron chi connectivity index (χ4n) is 1.79. The lowest BCUT2D eigenvalue weighted by molar-refractivity contribution is 0.183. The van der Waals surface area contributed by atoms with E-state index in [2.05, 4.69) is 22.2 Å². The summed E-state index contributed by atoms with van der Waals surface area (Å²) in [5.41, 5.74) is 0.988. The molecule has 1 fully saturated rings. The molecule has 0 radical (unpaired) electrons. The molecule has 0 saturated carbocycles. The third-order valence-corrected chi connectivity index (χ3v) is 2.82. The van der Waals surface area contributed by atoms with Crippen LogP contribution in [0.2, 0.25) is 0 Å². The Kier molecular flexibility index (Phi) is 3.16. The number of aromatic nitrogens is 2. The molecule has 2 rings (SSSR count). The highest BCUT2D eigenvalue weighted by Gasteiger charge is 2.22. The third-order valence-electron chi connectivity index (χ3n) is 2.82. The van der Waals surface area contributed by atoms with Crippen LogP contribution in [0.25, 0.3) is 0 Å². The second kappa shape index (κ2) is 4.57. The van der Waals surface area contributed by atoms with Crippen molar-refractivity contribution in [1.29, 1.82) is 0 Å². The van der Waals surface area contributed by atoms with Crippen LogP contribution in [0.4, 0.5) is 5.95 Å². The summed E-state index contributed by atoms with van der Waals surface area (Å²) in [4.78, 5) is 8.51. The van der Waals surface area contributed by atoms with Gasteiger partial charge in [0.15, 0.2) is 0 Å². The average Bonchev–Trinajstić information content (AvgIpc) is 2.70. The van der Waals surface area contributed by atoms with Gasteiger partial charge in [-0.2, -0.15) is 0 Å². The first-order valence-electron chi connectivity index (χ1n) is 5.39. The highest BCUT2D eigenvalue weighted by Crippen LogP contribution is 2.18. The number of hydrogen-bond donors (Lipinski definition) is 1. The SMILES string of the molecule is Cc1ccnc(NC(C)C2CCOC2)n1. The van der Waals surface area contributed by atoms with Crippen molar-refractivity contribution >= 4 is 5.95 Å². The predicted molar refractivity (Wildman–Crippen MR) is 58.8 cm³/mol. The Morgan fingerprint density at radius 1 is 1.60 bits per heavy atom. The van der Waals surface area contributed by atoms with Gasteiger partial charge in [0.25, 0.3) is 0 Å². The Labute approximate surface area is 90.1 Å². The van der Waals surface area contributed by atoms with Gasteiger partial charge in [-0.3, -0.25) is 0 Å². The molecular weight excluding hydrogens is 190 g/mol. The van der Waals surface area contributed by atoms with Crippen molar-refractivity contribution in [3.8, 4) is 0 Å². The van der Waals surface area contributed by atoms with Gasteiger partial charge in [-0.1, -0.05) is 0 Å². The Hall–Kier alpha value is -1.16. The molecule has 1 aromatic heterocycles. The van der Waals surface area contributed by atoms with Crippen LogP contribution in [0.5, 0.6) is 0 Å². The van der Waals surface area contributed by atoms with Crippen molar-refractivity contribution < 1.29 is 4.74 Å². The van der Waals surface area contributed by atoms with Crippen LogP contribution in [0, 0.1) is 12.8 Å². The third kappa shape index (κ3) is 2.65. The highest BCUT2D eigenvalue weighted by atomic mass is 16.5. The van der Waals surface area contributed by atoms with Gasteiger partial charge in [0.05, 0.1) is 6.61 Å². The molecule has 4 nitrogen and oxygen atoms in total. The highest BCUT2D eigenvalue weighted by molar-refractivity contribution is 5.26. The smallest absolute Gasteiger partial charge is 0.223 e. The average molecular weight is 207 g/mol. The van der Waals surface area contributed by atoms with Gasteiger partial charge in [-0.15, -0.1) is 0 Å². The lowest BCUT2D eigenvalue weighted by atomic mass is 10.0. The minimum Gasteiger partial charge on any atom is -0.381 e. The molecule has 82 valence electrons. The standard InChI is InChI=1S/C11H17N3O/c1-8-3-5-12-11(13-8)14-9(2)10-4-6-15-7-10/h3,5,9-10H,4,6-7H2,1-2H3,(H,12,13,14). The molecule has 2 atom stereocenters. The summed E-state index contributed by atoms with van der Waals surface area (Å²) in [5.74, 6) is 1.29. The summed E-state index contributed by atoms with van der Waals surface area (Å²) in [5, 5.41) is 3.32. The van der Waals surface area contributed by atoms with Crippen molar-refractivity contribution in [1.82, 2.24) is 9.97 Å². The van der Waals surface area contributed by atoms with E-state index in [1.807, 2.05) is 13.0 Å². The molecule has 0 amide bonds. The number of nitrogens with zero attached hydrogens (tertiary/aromatic N) is 2. The normalized spacial score (nSPS) is 22.7. The van der Waals surface area contributed by atoms with Gasteiger partial charge in [0, 0.05) is 30.5 Å². The maximum absolute atomic E-state index is 5.36. The summed E-state index contributed by atoms with van der Waals surface area (Å²) in [6.45, 7) is 5.85. The number of ether oxygens (including phenoxy) is 1. The van der Waals surface area contributed by atoms with Gasteiger partial charge >= 0.3 is 0 Å². The van der Waals surface area contributed by atoms with E-state index in [0.717, 1.165) is 31.3 Å². The number of hydrogen-bond acceptors (Lipinski definition) is 4. The predicted octanol–water partition coefficient (Wildman–Crippen LogP) is 1.62. The molecule has 4 heteroatoms. The lowest BCUT2D eigenvalue weighted by Crippen LogP contribution is -2.27. The molecule has 2 heterocycles. The summed E-state index contributed by atoms with van der Waals surface area (Å²) in [6.07, 6.45) is 2.91. The maximum Gasteiger partial charge on any atom is 0.223 e. The van der Waals surface area contributed by atoms with E-state index in [1.165, 1.54) is 0 Å². The largest absolute Gasteiger partial charge is 0.381 e. The molecule has 1 aliphatic rings. The molecule has 0 bridgehead atoms. The van der Waals surface area contributed by atoms with Gasteiger partial charge in [-0.05, 0) is 26.3 Å². The number of anilines is 1. The number of aryl methyl sites for hydroxylation is 1. The molecule has 0 spiro atoms. The van der Waals surface area contributed by atoms with E-state index in [4.69, 9.17) is 4.74 Å². The zero-order chi connectivity index (χ0) is 10.7. The first-order chi connectivity index (χ1) is 7.25. The number of nitrogens with one attached hydrogen (secondary N) is 1. The van der Waals surface area contributed by atoms with Crippen molar-refractivity contribution in [3.63, 3.8) is 0 Å². The van der Waals surface area contributed by atoms with Crippen LogP contribution in [-0.4, -0.2) is 29.2 Å². The molecule has 2 unspecified atom stereocenters. The molecule has 15 heavy (non-hydrogen) atoms. The summed E-state index contributed by atoms with van der Waals surface area (Å²) in [6, 6.07) is 2.27. The summed E-state index contributed by atoms with van der Waals surface area (Å²) >= 11 is 0. The van der Waals surface area contributed by atoms with Gasteiger partial charge in [0.1, 0.15) is 0 Å². The molecule has 1 aromatic rings. The fourth-order valence-corrected chi connectivity index (χ4v) is 1.79. The zero-order valence-electron chi connectivity index (χ0n) is 9.23. The van der Waals surface area contributed by atoms with Crippen LogP contribution in [0.3, 0.4) is 0 Å². The van der Waals surface area contributed by atoms with Crippen LogP contribution >= 0.6 is 0 Å². The van der Waals surface area contributed by atoms with Gasteiger partial charge in [0.2, 0.25) is 5.95 Å². The van der Waals surface area contributed by atoms with Crippen LogP contribution in [0.1, 0.15) is 19.0 Å². The van der Waals surface area contributed by atoms with E-state index < -0.39 is 0 Å². The molecule has 1 aliphatic heterocycles. The van der Waals surface area contributed by atoms with Crippen molar-refractivity contribution in [2.75, 3.05) is 18.5 Å². The zero-order valence-corrected chi connectivity index (χ0v) is 9.23. The first-order valence-corrected chi connectivity index (χ1v) is 5.39. The quantitative estimate of drug-likeness (QED) is 0.818. The molecule has 0 aliphatic carbocycles. The summed E-state index contributed by atoms with van der Waals surface area (Å²) < 4.78 is 5.36. The minimum atomic E-state index is 0.370. The van der Waals surface area contributed by atoms with Crippen molar-refractivity contribution in [2.45, 2.75) is 26.3 Å². The van der Waals surface area contributed by atoms with Crippen LogP contribution in [0.15, 0.2) is 12.3 Å². The number of rotatable bonds is 3. The van der Waals surface area contributed by atoms with Crippen molar-refractivity contribution in [2.24, 2.45) is 5.92 Å². The topological polar surface area (TPSA) is 47.0 Å². The minimum absolute atomic E-state index is 0.370. The Bertz CT molecular complexity index is 323. The molecular formula is C11H17N3O.